The SMILES string of the molecule is CCOC(=O)c1ccc(-c2ccc([N+](=O)[O-])cc2)[nH]c1=O. The summed E-state index contributed by atoms with van der Waals surface area (Å²) in [6, 6.07) is 8.64. The second kappa shape index (κ2) is 6.00. The van der Waals surface area contributed by atoms with Crippen molar-refractivity contribution in [2.75, 3.05) is 6.61 Å². The molecule has 1 aromatic carbocycles. The van der Waals surface area contributed by atoms with Gasteiger partial charge in [-0.15, -0.1) is 0 Å². The van der Waals surface area contributed by atoms with Gasteiger partial charge in [-0.1, -0.05) is 0 Å². The van der Waals surface area contributed by atoms with Crippen LogP contribution in [0.25, 0.3) is 11.3 Å². The summed E-state index contributed by atoms with van der Waals surface area (Å²) in [5.41, 5.74) is 0.382. The van der Waals surface area contributed by atoms with Gasteiger partial charge in [0.05, 0.1) is 11.5 Å². The fourth-order valence-electron chi connectivity index (χ4n) is 1.77. The van der Waals surface area contributed by atoms with Crippen LogP contribution in [0.4, 0.5) is 5.69 Å². The van der Waals surface area contributed by atoms with Gasteiger partial charge in [-0.25, -0.2) is 4.79 Å². The quantitative estimate of drug-likeness (QED) is 0.527. The molecule has 0 saturated carbocycles. The van der Waals surface area contributed by atoms with Crippen LogP contribution in [0, 0.1) is 10.1 Å². The average Bonchev–Trinajstić information content (AvgIpc) is 2.47. The summed E-state index contributed by atoms with van der Waals surface area (Å²) in [5.74, 6) is -0.686. The molecule has 0 fully saturated rings. The number of non-ortho nitro benzene ring substituents is 1. The first-order valence-corrected chi connectivity index (χ1v) is 6.18. The Labute approximate surface area is 119 Å². The molecule has 0 bridgehead atoms. The zero-order chi connectivity index (χ0) is 15.4. The van der Waals surface area contributed by atoms with E-state index in [2.05, 4.69) is 4.98 Å². The molecule has 1 aromatic heterocycles. The number of nitrogens with one attached hydrogen (secondary N) is 1. The predicted molar refractivity (Wildman–Crippen MR) is 75.1 cm³/mol. The number of pyridine rings is 1. The first kappa shape index (κ1) is 14.4. The monoisotopic (exact) mass is 288 g/mol. The van der Waals surface area contributed by atoms with Gasteiger partial charge in [-0.05, 0) is 36.8 Å². The number of nitrogens with zero attached hydrogens (tertiary/aromatic N) is 1. The molecular formula is C14H12N2O5. The van der Waals surface area contributed by atoms with Crippen molar-refractivity contribution >= 4 is 11.7 Å². The molecule has 7 nitrogen and oxygen atoms in total. The van der Waals surface area contributed by atoms with Gasteiger partial charge in [0.2, 0.25) is 0 Å². The number of carbonyl (C=O) groups is 1. The highest BCUT2D eigenvalue weighted by atomic mass is 16.6. The number of carbonyl (C=O) groups excluding carboxylic acids is 1. The fraction of sp³-hybridized carbons (Fsp3) is 0.143. The summed E-state index contributed by atoms with van der Waals surface area (Å²) < 4.78 is 4.76. The van der Waals surface area contributed by atoms with Crippen LogP contribution >= 0.6 is 0 Å². The molecule has 108 valence electrons. The van der Waals surface area contributed by atoms with Crippen molar-refractivity contribution in [3.8, 4) is 11.3 Å². The summed E-state index contributed by atoms with van der Waals surface area (Å²) in [6.45, 7) is 1.83. The lowest BCUT2D eigenvalue weighted by atomic mass is 10.1. The Morgan fingerprint density at radius 1 is 1.24 bits per heavy atom. The lowest BCUT2D eigenvalue weighted by Crippen LogP contribution is -2.19. The lowest BCUT2D eigenvalue weighted by molar-refractivity contribution is -0.384. The summed E-state index contributed by atoms with van der Waals surface area (Å²) in [7, 11) is 0. The Morgan fingerprint density at radius 2 is 1.90 bits per heavy atom. The molecule has 21 heavy (non-hydrogen) atoms. The Bertz CT molecular complexity index is 734. The number of ether oxygens (including phenoxy) is 1. The summed E-state index contributed by atoms with van der Waals surface area (Å²) in [6.07, 6.45) is 0. The van der Waals surface area contributed by atoms with Gasteiger partial charge >= 0.3 is 5.97 Å². The maximum Gasteiger partial charge on any atom is 0.343 e. The van der Waals surface area contributed by atoms with Gasteiger partial charge in [0, 0.05) is 17.8 Å². The van der Waals surface area contributed by atoms with Gasteiger partial charge in [0.25, 0.3) is 11.2 Å². The number of nitro groups is 1. The van der Waals surface area contributed by atoms with Crippen molar-refractivity contribution in [1.29, 1.82) is 0 Å². The minimum Gasteiger partial charge on any atom is -0.462 e. The molecule has 0 saturated heterocycles. The molecule has 0 amide bonds. The third-order valence-corrected chi connectivity index (χ3v) is 2.79. The van der Waals surface area contributed by atoms with E-state index in [-0.39, 0.29) is 17.9 Å². The first-order chi connectivity index (χ1) is 10.0. The third-order valence-electron chi connectivity index (χ3n) is 2.79. The molecule has 1 heterocycles. The summed E-state index contributed by atoms with van der Waals surface area (Å²) in [5, 5.41) is 10.6. The van der Waals surface area contributed by atoms with E-state index in [1.807, 2.05) is 0 Å². The number of benzene rings is 1. The molecule has 0 aliphatic rings. The Morgan fingerprint density at radius 3 is 2.43 bits per heavy atom. The van der Waals surface area contributed by atoms with Crippen molar-refractivity contribution in [3.05, 3.63) is 62.4 Å². The molecular weight excluding hydrogens is 276 g/mol. The molecule has 0 radical (unpaired) electrons. The second-order valence-electron chi connectivity index (χ2n) is 4.14. The van der Waals surface area contributed by atoms with E-state index in [0.29, 0.717) is 11.3 Å². The zero-order valence-electron chi connectivity index (χ0n) is 11.2. The van der Waals surface area contributed by atoms with E-state index >= 15 is 0 Å². The van der Waals surface area contributed by atoms with Crippen LogP contribution in [0.1, 0.15) is 17.3 Å². The Hall–Kier alpha value is -2.96. The maximum atomic E-state index is 11.8. The number of hydrogen-bond donors (Lipinski definition) is 1. The van der Waals surface area contributed by atoms with Crippen LogP contribution in [0.2, 0.25) is 0 Å². The van der Waals surface area contributed by atoms with Crippen LogP contribution < -0.4 is 5.56 Å². The minimum absolute atomic E-state index is 0.0377. The smallest absolute Gasteiger partial charge is 0.343 e. The van der Waals surface area contributed by atoms with Crippen LogP contribution in [-0.2, 0) is 4.74 Å². The van der Waals surface area contributed by atoms with E-state index in [1.165, 1.54) is 30.3 Å². The summed E-state index contributed by atoms with van der Waals surface area (Å²) >= 11 is 0. The van der Waals surface area contributed by atoms with Crippen molar-refractivity contribution in [2.24, 2.45) is 0 Å². The van der Waals surface area contributed by atoms with Crippen molar-refractivity contribution in [1.82, 2.24) is 4.98 Å². The van der Waals surface area contributed by atoms with Crippen molar-refractivity contribution < 1.29 is 14.5 Å². The molecule has 0 unspecified atom stereocenters. The van der Waals surface area contributed by atoms with Crippen LogP contribution in [0.3, 0.4) is 0 Å². The Kier molecular flexibility index (Phi) is 4.13. The Balaban J connectivity index is 2.33. The first-order valence-electron chi connectivity index (χ1n) is 6.18. The van der Waals surface area contributed by atoms with Gasteiger partial charge in [0.1, 0.15) is 5.56 Å². The van der Waals surface area contributed by atoms with E-state index in [1.54, 1.807) is 13.0 Å². The standard InChI is InChI=1S/C14H12N2O5/c1-2-21-14(18)11-7-8-12(15-13(11)17)9-3-5-10(6-4-9)16(19)20/h3-8H,2H2,1H3,(H,15,17). The summed E-state index contributed by atoms with van der Waals surface area (Å²) in [4.78, 5) is 36.0. The van der Waals surface area contributed by atoms with Gasteiger partial charge in [-0.2, -0.15) is 0 Å². The molecule has 1 N–H and O–H groups in total. The van der Waals surface area contributed by atoms with E-state index in [0.717, 1.165) is 0 Å². The van der Waals surface area contributed by atoms with Gasteiger partial charge in [0.15, 0.2) is 0 Å². The molecule has 0 aliphatic carbocycles. The number of aromatic nitrogens is 1. The van der Waals surface area contributed by atoms with Gasteiger partial charge < -0.3 is 9.72 Å². The zero-order valence-corrected chi connectivity index (χ0v) is 11.2. The number of H-pyrrole nitrogens is 1. The number of nitro benzene ring substituents is 1. The third kappa shape index (κ3) is 3.14. The normalized spacial score (nSPS) is 10.1. The molecule has 7 heteroatoms. The number of aromatic amines is 1. The molecule has 0 atom stereocenters. The average molecular weight is 288 g/mol. The second-order valence-corrected chi connectivity index (χ2v) is 4.14. The highest BCUT2D eigenvalue weighted by Gasteiger charge is 2.12. The number of hydrogen-bond acceptors (Lipinski definition) is 5. The van der Waals surface area contributed by atoms with Crippen LogP contribution in [0.5, 0.6) is 0 Å². The van der Waals surface area contributed by atoms with E-state index in [4.69, 9.17) is 4.74 Å². The van der Waals surface area contributed by atoms with Crippen LogP contribution in [0.15, 0.2) is 41.2 Å². The fourth-order valence-corrected chi connectivity index (χ4v) is 1.77. The van der Waals surface area contributed by atoms with Crippen molar-refractivity contribution in [2.45, 2.75) is 6.92 Å². The highest BCUT2D eigenvalue weighted by molar-refractivity contribution is 5.89. The molecule has 2 aromatic rings. The minimum atomic E-state index is -0.686. The highest BCUT2D eigenvalue weighted by Crippen LogP contribution is 2.19. The molecule has 0 aliphatic heterocycles. The van der Waals surface area contributed by atoms with Crippen molar-refractivity contribution in [3.63, 3.8) is 0 Å². The van der Waals surface area contributed by atoms with Gasteiger partial charge in [-0.3, -0.25) is 14.9 Å². The van der Waals surface area contributed by atoms with E-state index in [9.17, 15) is 19.7 Å². The lowest BCUT2D eigenvalue weighted by Gasteiger charge is -2.04. The van der Waals surface area contributed by atoms with E-state index < -0.39 is 16.5 Å². The predicted octanol–water partition coefficient (Wildman–Crippen LogP) is 2.13. The molecule has 0 spiro atoms. The topological polar surface area (TPSA) is 102 Å². The maximum absolute atomic E-state index is 11.8. The molecule has 2 rings (SSSR count). The number of rotatable bonds is 4. The largest absolute Gasteiger partial charge is 0.462 e. The van der Waals surface area contributed by atoms with Crippen LogP contribution in [-0.4, -0.2) is 22.5 Å². The number of esters is 1.